The Morgan fingerprint density at radius 1 is 1.47 bits per heavy atom. The van der Waals surface area contributed by atoms with Gasteiger partial charge in [-0.05, 0) is 42.9 Å². The number of hydrogen-bond donors (Lipinski definition) is 1. The Hall–Kier alpha value is -1.02. The number of carboxylic acid groups (broad SMARTS) is 1. The van der Waals surface area contributed by atoms with E-state index in [0.29, 0.717) is 0 Å². The monoisotopic (exact) mass is 224 g/mol. The van der Waals surface area contributed by atoms with E-state index in [1.165, 1.54) is 0 Å². The average molecular weight is 225 g/mol. The molecule has 0 aromatic heterocycles. The van der Waals surface area contributed by atoms with Crippen molar-refractivity contribution in [1.82, 2.24) is 0 Å². The van der Waals surface area contributed by atoms with Crippen LogP contribution >= 0.6 is 11.6 Å². The van der Waals surface area contributed by atoms with Crippen LogP contribution < -0.4 is 0 Å². The van der Waals surface area contributed by atoms with Crippen LogP contribution in [-0.4, -0.2) is 11.1 Å². The average Bonchev–Trinajstić information content (AvgIpc) is 2.08. The number of carbonyl (C=O) groups is 1. The van der Waals surface area contributed by atoms with Crippen molar-refractivity contribution >= 4 is 17.6 Å². The first-order chi connectivity index (χ1) is 7.09. The second kappa shape index (κ2) is 3.86. The molecule has 0 bridgehead atoms. The molecule has 0 amide bonds. The van der Waals surface area contributed by atoms with Crippen LogP contribution in [0.5, 0.6) is 0 Å². The molecule has 0 radical (unpaired) electrons. The fraction of sp³-hybridized carbons (Fsp3) is 0.417. The largest absolute Gasteiger partial charge is 0.481 e. The second-order valence-electron chi connectivity index (χ2n) is 4.14. The summed E-state index contributed by atoms with van der Waals surface area (Å²) in [7, 11) is 0. The molecule has 3 heteroatoms. The highest BCUT2D eigenvalue weighted by Crippen LogP contribution is 2.43. The topological polar surface area (TPSA) is 37.3 Å². The number of rotatable bonds is 2. The predicted molar refractivity (Wildman–Crippen MR) is 59.3 cm³/mol. The van der Waals surface area contributed by atoms with E-state index in [1.807, 2.05) is 25.1 Å². The van der Waals surface area contributed by atoms with Crippen molar-refractivity contribution in [2.75, 3.05) is 0 Å². The van der Waals surface area contributed by atoms with Crippen molar-refractivity contribution in [2.45, 2.75) is 25.7 Å². The summed E-state index contributed by atoms with van der Waals surface area (Å²) in [5, 5.41) is 9.68. The Morgan fingerprint density at radius 2 is 2.20 bits per heavy atom. The van der Waals surface area contributed by atoms with Crippen LogP contribution in [-0.2, 0) is 4.79 Å². The normalized spacial score (nSPS) is 24.7. The van der Waals surface area contributed by atoms with Crippen LogP contribution in [0.25, 0.3) is 0 Å². The van der Waals surface area contributed by atoms with Crippen molar-refractivity contribution in [3.05, 3.63) is 34.3 Å². The molecule has 80 valence electrons. The summed E-state index contributed by atoms with van der Waals surface area (Å²) in [6.07, 6.45) is 1.74. The first-order valence-corrected chi connectivity index (χ1v) is 5.46. The Labute approximate surface area is 93.9 Å². The Morgan fingerprint density at radius 3 is 2.67 bits per heavy atom. The molecule has 2 rings (SSSR count). The molecule has 1 aliphatic carbocycles. The lowest BCUT2D eigenvalue weighted by Crippen LogP contribution is -2.30. The number of aryl methyl sites for hydroxylation is 1. The maximum atomic E-state index is 10.9. The molecule has 0 heterocycles. The SMILES string of the molecule is Cc1ccc(C2CCC2C(=O)O)cc1Cl. The van der Waals surface area contributed by atoms with Gasteiger partial charge < -0.3 is 5.11 Å². The summed E-state index contributed by atoms with van der Waals surface area (Å²) in [5.74, 6) is -0.757. The van der Waals surface area contributed by atoms with E-state index in [-0.39, 0.29) is 11.8 Å². The molecule has 0 spiro atoms. The van der Waals surface area contributed by atoms with Gasteiger partial charge in [-0.25, -0.2) is 0 Å². The van der Waals surface area contributed by atoms with Gasteiger partial charge in [-0.2, -0.15) is 0 Å². The zero-order valence-corrected chi connectivity index (χ0v) is 9.29. The first-order valence-electron chi connectivity index (χ1n) is 5.08. The maximum Gasteiger partial charge on any atom is 0.307 e. The van der Waals surface area contributed by atoms with Crippen LogP contribution in [0.1, 0.15) is 29.9 Å². The lowest BCUT2D eigenvalue weighted by Gasteiger charge is -2.33. The third-order valence-corrected chi connectivity index (χ3v) is 3.62. The highest BCUT2D eigenvalue weighted by molar-refractivity contribution is 6.31. The van der Waals surface area contributed by atoms with E-state index < -0.39 is 5.97 Å². The minimum atomic E-state index is -0.692. The molecule has 2 unspecified atom stereocenters. The van der Waals surface area contributed by atoms with Gasteiger partial charge in [-0.3, -0.25) is 4.79 Å². The molecule has 1 N–H and O–H groups in total. The molecule has 0 aliphatic heterocycles. The second-order valence-corrected chi connectivity index (χ2v) is 4.54. The Balaban J connectivity index is 2.23. The molecule has 2 nitrogen and oxygen atoms in total. The third-order valence-electron chi connectivity index (χ3n) is 3.22. The highest BCUT2D eigenvalue weighted by Gasteiger charge is 2.37. The van der Waals surface area contributed by atoms with Crippen molar-refractivity contribution in [3.63, 3.8) is 0 Å². The van der Waals surface area contributed by atoms with Gasteiger partial charge in [0.15, 0.2) is 0 Å². The molecule has 1 aromatic rings. The Kier molecular flexibility index (Phi) is 2.70. The summed E-state index contributed by atoms with van der Waals surface area (Å²) >= 11 is 6.02. The molecule has 0 saturated heterocycles. The number of carboxylic acids is 1. The third kappa shape index (κ3) is 1.86. The summed E-state index contributed by atoms with van der Waals surface area (Å²) in [5.41, 5.74) is 2.09. The standard InChI is InChI=1S/C12H13ClO2/c1-7-2-3-8(6-11(7)13)9-4-5-10(9)12(14)15/h2-3,6,9-10H,4-5H2,1H3,(H,14,15). The van der Waals surface area contributed by atoms with Gasteiger partial charge in [0.1, 0.15) is 0 Å². The molecular weight excluding hydrogens is 212 g/mol. The van der Waals surface area contributed by atoms with Gasteiger partial charge in [0.2, 0.25) is 0 Å². The summed E-state index contributed by atoms with van der Waals surface area (Å²) in [6, 6.07) is 5.84. The lowest BCUT2D eigenvalue weighted by molar-refractivity contribution is -0.145. The van der Waals surface area contributed by atoms with E-state index in [1.54, 1.807) is 0 Å². The van der Waals surface area contributed by atoms with Crippen molar-refractivity contribution in [3.8, 4) is 0 Å². The quantitative estimate of drug-likeness (QED) is 0.838. The number of aliphatic carboxylic acids is 1. The molecule has 2 atom stereocenters. The van der Waals surface area contributed by atoms with Crippen molar-refractivity contribution in [1.29, 1.82) is 0 Å². The molecular formula is C12H13ClO2. The fourth-order valence-electron chi connectivity index (χ4n) is 2.03. The summed E-state index contributed by atoms with van der Waals surface area (Å²) < 4.78 is 0. The lowest BCUT2D eigenvalue weighted by atomic mass is 9.70. The van der Waals surface area contributed by atoms with E-state index in [9.17, 15) is 4.79 Å². The maximum absolute atomic E-state index is 10.9. The molecule has 15 heavy (non-hydrogen) atoms. The molecule has 1 fully saturated rings. The fourth-order valence-corrected chi connectivity index (χ4v) is 2.22. The van der Waals surface area contributed by atoms with Crippen LogP contribution in [0, 0.1) is 12.8 Å². The van der Waals surface area contributed by atoms with E-state index in [4.69, 9.17) is 16.7 Å². The molecule has 1 aromatic carbocycles. The van der Waals surface area contributed by atoms with Gasteiger partial charge in [0, 0.05) is 5.02 Å². The minimum absolute atomic E-state index is 0.153. The van der Waals surface area contributed by atoms with Crippen LogP contribution in [0.4, 0.5) is 0 Å². The van der Waals surface area contributed by atoms with Crippen molar-refractivity contribution in [2.24, 2.45) is 5.92 Å². The zero-order chi connectivity index (χ0) is 11.0. The highest BCUT2D eigenvalue weighted by atomic mass is 35.5. The van der Waals surface area contributed by atoms with Crippen LogP contribution in [0.15, 0.2) is 18.2 Å². The minimum Gasteiger partial charge on any atom is -0.481 e. The molecule has 1 saturated carbocycles. The zero-order valence-electron chi connectivity index (χ0n) is 8.53. The number of hydrogen-bond acceptors (Lipinski definition) is 1. The van der Waals surface area contributed by atoms with Gasteiger partial charge in [0.05, 0.1) is 5.92 Å². The van der Waals surface area contributed by atoms with Crippen LogP contribution in [0.3, 0.4) is 0 Å². The summed E-state index contributed by atoms with van der Waals surface area (Å²) in [4.78, 5) is 10.9. The predicted octanol–water partition coefficient (Wildman–Crippen LogP) is 3.23. The van der Waals surface area contributed by atoms with Gasteiger partial charge in [0.25, 0.3) is 0 Å². The first kappa shape index (κ1) is 10.5. The number of benzene rings is 1. The van der Waals surface area contributed by atoms with Gasteiger partial charge >= 0.3 is 5.97 Å². The summed E-state index contributed by atoms with van der Waals surface area (Å²) in [6.45, 7) is 1.95. The van der Waals surface area contributed by atoms with Crippen LogP contribution in [0.2, 0.25) is 5.02 Å². The van der Waals surface area contributed by atoms with E-state index >= 15 is 0 Å². The van der Waals surface area contributed by atoms with E-state index in [0.717, 1.165) is 29.0 Å². The molecule has 1 aliphatic rings. The van der Waals surface area contributed by atoms with E-state index in [2.05, 4.69) is 0 Å². The van der Waals surface area contributed by atoms with Gasteiger partial charge in [-0.15, -0.1) is 0 Å². The Bertz CT molecular complexity index is 401. The van der Waals surface area contributed by atoms with Gasteiger partial charge in [-0.1, -0.05) is 23.7 Å². The smallest absolute Gasteiger partial charge is 0.307 e. The number of halogens is 1. The van der Waals surface area contributed by atoms with Crippen molar-refractivity contribution < 1.29 is 9.90 Å².